The molecule has 2 heterocycles. The molecule has 0 atom stereocenters. The summed E-state index contributed by atoms with van der Waals surface area (Å²) in [5.74, 6) is 2.20. The Morgan fingerprint density at radius 2 is 2.00 bits per heavy atom. The van der Waals surface area contributed by atoms with Gasteiger partial charge >= 0.3 is 0 Å². The lowest BCUT2D eigenvalue weighted by Gasteiger charge is -2.27. The van der Waals surface area contributed by atoms with Crippen LogP contribution in [0.3, 0.4) is 0 Å². The molecule has 0 aliphatic carbocycles. The molecule has 0 spiro atoms. The van der Waals surface area contributed by atoms with Crippen molar-refractivity contribution in [2.24, 2.45) is 4.99 Å². The molecule has 152 valence electrons. The number of rotatable bonds is 6. The zero-order valence-electron chi connectivity index (χ0n) is 17.3. The third-order valence-corrected chi connectivity index (χ3v) is 4.87. The summed E-state index contributed by atoms with van der Waals surface area (Å²) in [6, 6.07) is 10.7. The van der Waals surface area contributed by atoms with E-state index in [4.69, 9.17) is 0 Å². The summed E-state index contributed by atoms with van der Waals surface area (Å²) >= 11 is 0. The molecule has 0 saturated heterocycles. The Kier molecular flexibility index (Phi) is 6.26. The van der Waals surface area contributed by atoms with Crippen molar-refractivity contribution >= 4 is 5.96 Å². The molecule has 0 amide bonds. The average molecular weight is 394 g/mol. The highest BCUT2D eigenvalue weighted by atomic mass is 19.1. The van der Waals surface area contributed by atoms with Crippen LogP contribution in [0.5, 0.6) is 0 Å². The van der Waals surface area contributed by atoms with Gasteiger partial charge in [0.2, 0.25) is 0 Å². The van der Waals surface area contributed by atoms with Crippen molar-refractivity contribution in [2.45, 2.75) is 32.7 Å². The zero-order valence-corrected chi connectivity index (χ0v) is 17.3. The topological polar surface area (TPSA) is 67.1 Å². The van der Waals surface area contributed by atoms with Crippen LogP contribution in [-0.2, 0) is 12.0 Å². The highest BCUT2D eigenvalue weighted by Crippen LogP contribution is 2.22. The van der Waals surface area contributed by atoms with Gasteiger partial charge in [-0.15, -0.1) is 0 Å². The lowest BCUT2D eigenvalue weighted by Crippen LogP contribution is -2.43. The van der Waals surface area contributed by atoms with Crippen LogP contribution in [0.4, 0.5) is 4.39 Å². The van der Waals surface area contributed by atoms with E-state index in [1.807, 2.05) is 42.1 Å². The van der Waals surface area contributed by atoms with Gasteiger partial charge in [-0.05, 0) is 36.2 Å². The highest BCUT2D eigenvalue weighted by Gasteiger charge is 2.21. The lowest BCUT2D eigenvalue weighted by molar-refractivity contribution is 0.503. The molecule has 0 radical (unpaired) electrons. The van der Waals surface area contributed by atoms with Gasteiger partial charge in [-0.3, -0.25) is 9.56 Å². The molecule has 6 nitrogen and oxygen atoms in total. The van der Waals surface area contributed by atoms with Crippen LogP contribution in [0.2, 0.25) is 0 Å². The summed E-state index contributed by atoms with van der Waals surface area (Å²) in [6.45, 7) is 7.30. The van der Waals surface area contributed by atoms with Gasteiger partial charge in [0.1, 0.15) is 17.5 Å². The van der Waals surface area contributed by atoms with Gasteiger partial charge in [0.05, 0.1) is 0 Å². The predicted molar refractivity (Wildman–Crippen MR) is 114 cm³/mol. The van der Waals surface area contributed by atoms with E-state index in [2.05, 4.69) is 39.4 Å². The van der Waals surface area contributed by atoms with Crippen LogP contribution >= 0.6 is 0 Å². The van der Waals surface area contributed by atoms with Crippen molar-refractivity contribution in [1.29, 1.82) is 0 Å². The van der Waals surface area contributed by atoms with E-state index in [0.29, 0.717) is 19.0 Å². The Morgan fingerprint density at radius 1 is 1.17 bits per heavy atom. The Morgan fingerprint density at radius 3 is 2.62 bits per heavy atom. The fourth-order valence-corrected chi connectivity index (χ4v) is 3.01. The first-order chi connectivity index (χ1) is 13.9. The monoisotopic (exact) mass is 394 g/mol. The Balaban J connectivity index is 1.56. The molecule has 3 rings (SSSR count). The van der Waals surface area contributed by atoms with Gasteiger partial charge in [-0.1, -0.05) is 32.0 Å². The summed E-state index contributed by atoms with van der Waals surface area (Å²) in [5, 5.41) is 6.62. The summed E-state index contributed by atoms with van der Waals surface area (Å²) in [5.41, 5.74) is 1.74. The van der Waals surface area contributed by atoms with Gasteiger partial charge in [0.25, 0.3) is 0 Å². The molecular weight excluding hydrogens is 367 g/mol. The molecule has 0 fully saturated rings. The van der Waals surface area contributed by atoms with Gasteiger partial charge < -0.3 is 10.6 Å². The second-order valence-corrected chi connectivity index (χ2v) is 7.54. The quantitative estimate of drug-likeness (QED) is 0.497. The third-order valence-electron chi connectivity index (χ3n) is 4.87. The molecule has 0 aliphatic rings. The number of aryl methyl sites for hydroxylation is 1. The molecule has 3 aromatic rings. The van der Waals surface area contributed by atoms with Crippen LogP contribution in [0.25, 0.3) is 5.82 Å². The number of imidazole rings is 1. The number of hydrogen-bond acceptors (Lipinski definition) is 3. The number of halogens is 1. The zero-order chi connectivity index (χ0) is 20.9. The van der Waals surface area contributed by atoms with E-state index in [1.54, 1.807) is 25.4 Å². The lowest BCUT2D eigenvalue weighted by atomic mass is 9.84. The van der Waals surface area contributed by atoms with Gasteiger partial charge in [0, 0.05) is 44.1 Å². The van der Waals surface area contributed by atoms with Crippen molar-refractivity contribution < 1.29 is 4.39 Å². The first-order valence-corrected chi connectivity index (χ1v) is 9.55. The van der Waals surface area contributed by atoms with Crippen LogP contribution in [-0.4, -0.2) is 34.1 Å². The molecule has 0 bridgehead atoms. The number of nitrogens with one attached hydrogen (secondary N) is 2. The van der Waals surface area contributed by atoms with Crippen molar-refractivity contribution in [3.8, 4) is 5.82 Å². The molecule has 2 aromatic heterocycles. The molecule has 2 N–H and O–H groups in total. The highest BCUT2D eigenvalue weighted by molar-refractivity contribution is 5.79. The summed E-state index contributed by atoms with van der Waals surface area (Å²) in [7, 11) is 1.73. The first kappa shape index (κ1) is 20.5. The second-order valence-electron chi connectivity index (χ2n) is 7.54. The fraction of sp³-hybridized carbons (Fsp3) is 0.318. The van der Waals surface area contributed by atoms with Gasteiger partial charge in [-0.2, -0.15) is 0 Å². The number of hydrogen-bond donors (Lipinski definition) is 2. The van der Waals surface area contributed by atoms with E-state index in [0.717, 1.165) is 22.8 Å². The average Bonchev–Trinajstić information content (AvgIpc) is 3.14. The molecule has 1 aromatic carbocycles. The Bertz CT molecular complexity index is 975. The van der Waals surface area contributed by atoms with E-state index in [1.165, 1.54) is 6.07 Å². The van der Waals surface area contributed by atoms with E-state index >= 15 is 0 Å². The minimum Gasteiger partial charge on any atom is -0.356 e. The van der Waals surface area contributed by atoms with Crippen molar-refractivity contribution in [1.82, 2.24) is 25.2 Å². The summed E-state index contributed by atoms with van der Waals surface area (Å²) < 4.78 is 15.5. The standard InChI is InChI=1S/C22H27FN6/c1-16-25-10-11-29(16)20-9-8-17(13-26-20)14-27-21(24-4)28-15-22(2,3)18-6-5-7-19(23)12-18/h5-13H,14-15H2,1-4H3,(H2,24,27,28). The number of benzene rings is 1. The first-order valence-electron chi connectivity index (χ1n) is 9.55. The van der Waals surface area contributed by atoms with E-state index in [9.17, 15) is 4.39 Å². The number of guanidine groups is 1. The molecular formula is C22H27FN6. The predicted octanol–water partition coefficient (Wildman–Crippen LogP) is 3.36. The summed E-state index contributed by atoms with van der Waals surface area (Å²) in [6.07, 6.45) is 5.49. The van der Waals surface area contributed by atoms with Crippen molar-refractivity contribution in [3.05, 3.63) is 77.8 Å². The van der Waals surface area contributed by atoms with E-state index < -0.39 is 0 Å². The summed E-state index contributed by atoms with van der Waals surface area (Å²) in [4.78, 5) is 13.0. The SMILES string of the molecule is CN=C(NCc1ccc(-n2ccnc2C)nc1)NCC(C)(C)c1cccc(F)c1. The largest absolute Gasteiger partial charge is 0.356 e. The normalized spacial score (nSPS) is 12.1. The van der Waals surface area contributed by atoms with E-state index in [-0.39, 0.29) is 11.2 Å². The Labute approximate surface area is 170 Å². The molecule has 29 heavy (non-hydrogen) atoms. The van der Waals surface area contributed by atoms with Gasteiger partial charge in [0.15, 0.2) is 5.96 Å². The number of aliphatic imine (C=N–C) groups is 1. The molecule has 0 saturated carbocycles. The van der Waals surface area contributed by atoms with Crippen molar-refractivity contribution in [3.63, 3.8) is 0 Å². The fourth-order valence-electron chi connectivity index (χ4n) is 3.01. The number of pyridine rings is 1. The minimum atomic E-state index is -0.244. The number of aromatic nitrogens is 3. The minimum absolute atomic E-state index is 0.222. The Hall–Kier alpha value is -3.22. The molecule has 0 unspecified atom stereocenters. The number of nitrogens with zero attached hydrogens (tertiary/aromatic N) is 4. The van der Waals surface area contributed by atoms with Gasteiger partial charge in [-0.25, -0.2) is 14.4 Å². The van der Waals surface area contributed by atoms with Crippen LogP contribution in [0.15, 0.2) is 60.0 Å². The maximum atomic E-state index is 13.5. The van der Waals surface area contributed by atoms with Crippen LogP contribution < -0.4 is 10.6 Å². The van der Waals surface area contributed by atoms with Crippen LogP contribution in [0.1, 0.15) is 30.8 Å². The molecule has 7 heteroatoms. The van der Waals surface area contributed by atoms with Crippen LogP contribution in [0, 0.1) is 12.7 Å². The maximum absolute atomic E-state index is 13.5. The second kappa shape index (κ2) is 8.86. The third kappa shape index (κ3) is 5.19. The molecule has 0 aliphatic heterocycles. The maximum Gasteiger partial charge on any atom is 0.191 e. The smallest absolute Gasteiger partial charge is 0.191 e. The van der Waals surface area contributed by atoms with Crippen molar-refractivity contribution in [2.75, 3.05) is 13.6 Å².